The third-order valence-electron chi connectivity index (χ3n) is 4.20. The Morgan fingerprint density at radius 2 is 2.04 bits per heavy atom. The van der Waals surface area contributed by atoms with E-state index >= 15 is 0 Å². The van der Waals surface area contributed by atoms with E-state index in [0.29, 0.717) is 27.9 Å². The van der Waals surface area contributed by atoms with Crippen molar-refractivity contribution in [3.8, 4) is 0 Å². The number of nitrogens with zero attached hydrogens (tertiary/aromatic N) is 1. The number of amides is 1. The Morgan fingerprint density at radius 1 is 1.24 bits per heavy atom. The molecule has 1 aromatic carbocycles. The molecule has 2 heterocycles. The first-order chi connectivity index (χ1) is 12.0. The van der Waals surface area contributed by atoms with Crippen molar-refractivity contribution >= 4 is 44.6 Å². The lowest BCUT2D eigenvalue weighted by atomic mass is 10.0. The lowest BCUT2D eigenvalue weighted by molar-refractivity contribution is -0.117. The number of thiophene rings is 1. The molecule has 0 spiro atoms. The highest BCUT2D eigenvalue weighted by Crippen LogP contribution is 2.29. The fourth-order valence-corrected chi connectivity index (χ4v) is 5.99. The largest absolute Gasteiger partial charge is 0.325 e. The molecule has 0 bridgehead atoms. The molecule has 0 aliphatic carbocycles. The minimum Gasteiger partial charge on any atom is -0.325 e. The number of hydrogen-bond donors (Lipinski definition) is 1. The van der Waals surface area contributed by atoms with Gasteiger partial charge in [0.2, 0.25) is 5.91 Å². The number of rotatable bonds is 5. The first-order valence-electron chi connectivity index (χ1n) is 8.08. The normalized spacial score (nSPS) is 18.8. The number of nitrogens with one attached hydrogen (secondary N) is 1. The van der Waals surface area contributed by atoms with Gasteiger partial charge in [-0.2, -0.15) is 4.31 Å². The standard InChI is InChI=1S/C17H19ClN2O3S2/c18-14-7-1-2-8-15(14)19-16(21)12-13-6-3-4-10-20(13)25(22,23)17-9-5-11-24-17/h1-2,5,7-9,11,13H,3-4,6,10,12H2,(H,19,21)/t13-/m1/s1. The quantitative estimate of drug-likeness (QED) is 0.828. The second-order valence-corrected chi connectivity index (χ2v) is 9.40. The molecule has 1 aliphatic rings. The van der Waals surface area contributed by atoms with Crippen LogP contribution in [0, 0.1) is 0 Å². The van der Waals surface area contributed by atoms with Crippen LogP contribution in [0.25, 0.3) is 0 Å². The molecule has 1 N–H and O–H groups in total. The minimum absolute atomic E-state index is 0.121. The van der Waals surface area contributed by atoms with Crippen molar-refractivity contribution in [3.05, 3.63) is 46.8 Å². The lowest BCUT2D eigenvalue weighted by Crippen LogP contribution is -2.45. The van der Waals surface area contributed by atoms with Crippen molar-refractivity contribution < 1.29 is 13.2 Å². The van der Waals surface area contributed by atoms with Crippen LogP contribution in [0.5, 0.6) is 0 Å². The first kappa shape index (κ1) is 18.4. The van der Waals surface area contributed by atoms with E-state index < -0.39 is 10.0 Å². The zero-order chi connectivity index (χ0) is 17.9. The molecule has 0 unspecified atom stereocenters. The molecule has 5 nitrogen and oxygen atoms in total. The van der Waals surface area contributed by atoms with Crippen LogP contribution in [0.2, 0.25) is 5.02 Å². The second-order valence-electron chi connectivity index (χ2n) is 5.93. The Kier molecular flexibility index (Phi) is 5.78. The maximum atomic E-state index is 12.8. The summed E-state index contributed by atoms with van der Waals surface area (Å²) in [7, 11) is -3.55. The van der Waals surface area contributed by atoms with Crippen molar-refractivity contribution in [3.63, 3.8) is 0 Å². The average Bonchev–Trinajstić information content (AvgIpc) is 3.13. The Bertz CT molecular complexity index is 837. The first-order valence-corrected chi connectivity index (χ1v) is 10.8. The molecule has 1 fully saturated rings. The molecule has 1 aliphatic heterocycles. The van der Waals surface area contributed by atoms with Crippen LogP contribution < -0.4 is 5.32 Å². The van der Waals surface area contributed by atoms with Crippen LogP contribution in [0.3, 0.4) is 0 Å². The van der Waals surface area contributed by atoms with Gasteiger partial charge in [0.05, 0.1) is 10.7 Å². The Balaban J connectivity index is 1.73. The molecule has 0 radical (unpaired) electrons. The molecule has 1 amide bonds. The highest BCUT2D eigenvalue weighted by atomic mass is 35.5. The zero-order valence-corrected chi connectivity index (χ0v) is 15.9. The second kappa shape index (κ2) is 7.86. The van der Waals surface area contributed by atoms with Crippen LogP contribution in [0.15, 0.2) is 46.0 Å². The van der Waals surface area contributed by atoms with Gasteiger partial charge in [-0.25, -0.2) is 8.42 Å². The van der Waals surface area contributed by atoms with E-state index in [1.807, 2.05) is 0 Å². The van der Waals surface area contributed by atoms with E-state index in [1.54, 1.807) is 41.8 Å². The summed E-state index contributed by atoms with van der Waals surface area (Å²) in [5.74, 6) is -0.230. The topological polar surface area (TPSA) is 66.5 Å². The number of carbonyl (C=O) groups is 1. The summed E-state index contributed by atoms with van der Waals surface area (Å²) in [5.41, 5.74) is 0.539. The highest BCUT2D eigenvalue weighted by Gasteiger charge is 2.35. The summed E-state index contributed by atoms with van der Waals surface area (Å²) in [6, 6.07) is 10.00. The van der Waals surface area contributed by atoms with Crippen LogP contribution in [-0.2, 0) is 14.8 Å². The van der Waals surface area contributed by atoms with Gasteiger partial charge in [-0.3, -0.25) is 4.79 Å². The Hall–Kier alpha value is -1.41. The predicted octanol–water partition coefficient (Wildman–Crippen LogP) is 3.97. The van der Waals surface area contributed by atoms with Crippen molar-refractivity contribution in [1.82, 2.24) is 4.31 Å². The van der Waals surface area contributed by atoms with Crippen LogP contribution in [0.1, 0.15) is 25.7 Å². The number of sulfonamides is 1. The third-order valence-corrected chi connectivity index (χ3v) is 7.85. The van der Waals surface area contributed by atoms with E-state index in [2.05, 4.69) is 5.32 Å². The van der Waals surface area contributed by atoms with Crippen LogP contribution in [0.4, 0.5) is 5.69 Å². The molecule has 3 rings (SSSR count). The summed E-state index contributed by atoms with van der Waals surface area (Å²) in [6.07, 6.45) is 2.53. The summed E-state index contributed by atoms with van der Waals surface area (Å²) in [5, 5.41) is 4.98. The molecular weight excluding hydrogens is 380 g/mol. The molecule has 0 saturated carbocycles. The smallest absolute Gasteiger partial charge is 0.252 e. The van der Waals surface area contributed by atoms with Crippen LogP contribution >= 0.6 is 22.9 Å². The number of halogens is 1. The maximum Gasteiger partial charge on any atom is 0.252 e. The molecule has 1 saturated heterocycles. The summed E-state index contributed by atoms with van der Waals surface area (Å²) in [6.45, 7) is 0.449. The molecule has 1 atom stereocenters. The van der Waals surface area contributed by atoms with Crippen molar-refractivity contribution in [2.45, 2.75) is 35.9 Å². The Morgan fingerprint density at radius 3 is 2.76 bits per heavy atom. The monoisotopic (exact) mass is 398 g/mol. The van der Waals surface area contributed by atoms with Crippen molar-refractivity contribution in [2.75, 3.05) is 11.9 Å². The fraction of sp³-hybridized carbons (Fsp3) is 0.353. The van der Waals surface area contributed by atoms with Gasteiger partial charge in [0, 0.05) is 19.0 Å². The van der Waals surface area contributed by atoms with E-state index in [9.17, 15) is 13.2 Å². The highest BCUT2D eigenvalue weighted by molar-refractivity contribution is 7.91. The Labute approximate surface area is 156 Å². The number of benzene rings is 1. The lowest BCUT2D eigenvalue weighted by Gasteiger charge is -2.34. The summed E-state index contributed by atoms with van der Waals surface area (Å²) >= 11 is 7.26. The SMILES string of the molecule is O=C(C[C@H]1CCCCN1S(=O)(=O)c1cccs1)Nc1ccccc1Cl. The van der Waals surface area contributed by atoms with E-state index in [0.717, 1.165) is 12.8 Å². The number of piperidine rings is 1. The van der Waals surface area contributed by atoms with E-state index in [4.69, 9.17) is 11.6 Å². The predicted molar refractivity (Wildman–Crippen MR) is 101 cm³/mol. The number of carbonyl (C=O) groups excluding carboxylic acids is 1. The van der Waals surface area contributed by atoms with Gasteiger partial charge in [0.15, 0.2) is 0 Å². The molecule has 134 valence electrons. The van der Waals surface area contributed by atoms with Gasteiger partial charge >= 0.3 is 0 Å². The number of anilines is 1. The molecular formula is C17H19ClN2O3S2. The van der Waals surface area contributed by atoms with Gasteiger partial charge < -0.3 is 5.32 Å². The van der Waals surface area contributed by atoms with Crippen molar-refractivity contribution in [2.24, 2.45) is 0 Å². The molecule has 25 heavy (non-hydrogen) atoms. The molecule has 8 heteroatoms. The summed E-state index contributed by atoms with van der Waals surface area (Å²) in [4.78, 5) is 12.4. The van der Waals surface area contributed by atoms with E-state index in [-0.39, 0.29) is 18.4 Å². The third kappa shape index (κ3) is 4.23. The molecule has 1 aromatic heterocycles. The van der Waals surface area contributed by atoms with Gasteiger partial charge in [-0.05, 0) is 36.4 Å². The average molecular weight is 399 g/mol. The maximum absolute atomic E-state index is 12.8. The summed E-state index contributed by atoms with van der Waals surface area (Å²) < 4.78 is 27.5. The number of para-hydroxylation sites is 1. The van der Waals surface area contributed by atoms with Crippen molar-refractivity contribution in [1.29, 1.82) is 0 Å². The zero-order valence-electron chi connectivity index (χ0n) is 13.5. The van der Waals surface area contributed by atoms with Gasteiger partial charge in [0.25, 0.3) is 10.0 Å². The van der Waals surface area contributed by atoms with Crippen LogP contribution in [-0.4, -0.2) is 31.2 Å². The van der Waals surface area contributed by atoms with Gasteiger partial charge in [-0.15, -0.1) is 11.3 Å². The van der Waals surface area contributed by atoms with E-state index in [1.165, 1.54) is 15.6 Å². The fourth-order valence-electron chi connectivity index (χ4n) is 3.00. The number of hydrogen-bond acceptors (Lipinski definition) is 4. The molecule has 2 aromatic rings. The van der Waals surface area contributed by atoms with Gasteiger partial charge in [0.1, 0.15) is 4.21 Å². The van der Waals surface area contributed by atoms with Gasteiger partial charge in [-0.1, -0.05) is 36.2 Å². The minimum atomic E-state index is -3.55.